The molecule has 2 unspecified atom stereocenters. The average molecular weight is 262 g/mol. The molecular formula is C15H22N2O2. The normalized spacial score (nSPS) is 23.1. The van der Waals surface area contributed by atoms with Crippen LogP contribution in [0.2, 0.25) is 0 Å². The number of hydrogen-bond donors (Lipinski definition) is 1. The molecule has 1 saturated heterocycles. The lowest BCUT2D eigenvalue weighted by atomic mass is 10.1. The Hall–Kier alpha value is -1.55. The van der Waals surface area contributed by atoms with Crippen molar-refractivity contribution in [1.29, 1.82) is 0 Å². The van der Waals surface area contributed by atoms with Crippen molar-refractivity contribution in [1.82, 2.24) is 4.90 Å². The quantitative estimate of drug-likeness (QED) is 0.905. The van der Waals surface area contributed by atoms with Gasteiger partial charge in [-0.3, -0.25) is 0 Å². The summed E-state index contributed by atoms with van der Waals surface area (Å²) in [5, 5.41) is 9.06. The molecule has 1 fully saturated rings. The van der Waals surface area contributed by atoms with E-state index in [4.69, 9.17) is 5.11 Å². The number of likely N-dealkylation sites (N-methyl/N-ethyl adjacent to an activating group) is 1. The van der Waals surface area contributed by atoms with Crippen molar-refractivity contribution in [3.8, 4) is 0 Å². The second kappa shape index (κ2) is 5.21. The van der Waals surface area contributed by atoms with Crippen LogP contribution in [0, 0.1) is 12.8 Å². The molecule has 1 aromatic carbocycles. The smallest absolute Gasteiger partial charge is 0.335 e. The number of carboxylic acid groups (broad SMARTS) is 1. The molecule has 0 amide bonds. The van der Waals surface area contributed by atoms with Gasteiger partial charge < -0.3 is 14.9 Å². The van der Waals surface area contributed by atoms with Gasteiger partial charge in [0.1, 0.15) is 0 Å². The van der Waals surface area contributed by atoms with E-state index in [2.05, 4.69) is 30.8 Å². The number of hydrogen-bond acceptors (Lipinski definition) is 3. The first-order chi connectivity index (χ1) is 8.90. The number of rotatable bonds is 3. The standard InChI is InChI=1S/C15H22N2O2/c1-10-7-12(5-6-13(10)15(18)19)17-8-11(2)14(9-17)16(3)4/h5-7,11,14H,8-9H2,1-4H3,(H,18,19). The second-order valence-corrected chi connectivity index (χ2v) is 5.72. The third-order valence-electron chi connectivity index (χ3n) is 4.04. The zero-order valence-electron chi connectivity index (χ0n) is 12.1. The Morgan fingerprint density at radius 2 is 2.05 bits per heavy atom. The lowest BCUT2D eigenvalue weighted by Crippen LogP contribution is -2.34. The SMILES string of the molecule is Cc1cc(N2CC(C)C(N(C)C)C2)ccc1C(=O)O. The molecule has 0 bridgehead atoms. The van der Waals surface area contributed by atoms with E-state index in [1.807, 2.05) is 19.1 Å². The highest BCUT2D eigenvalue weighted by Gasteiger charge is 2.31. The number of anilines is 1. The Bertz CT molecular complexity index is 485. The monoisotopic (exact) mass is 262 g/mol. The van der Waals surface area contributed by atoms with Crippen LogP contribution in [0.5, 0.6) is 0 Å². The lowest BCUT2D eigenvalue weighted by Gasteiger charge is -2.23. The summed E-state index contributed by atoms with van der Waals surface area (Å²) in [6.07, 6.45) is 0. The van der Waals surface area contributed by atoms with Gasteiger partial charge in [-0.1, -0.05) is 6.92 Å². The minimum Gasteiger partial charge on any atom is -0.478 e. The van der Waals surface area contributed by atoms with Gasteiger partial charge in [0.25, 0.3) is 0 Å². The first-order valence-electron chi connectivity index (χ1n) is 6.65. The van der Waals surface area contributed by atoms with E-state index in [1.54, 1.807) is 6.07 Å². The van der Waals surface area contributed by atoms with Crippen LogP contribution in [0.3, 0.4) is 0 Å². The number of carboxylic acids is 1. The molecule has 1 aromatic rings. The fraction of sp³-hybridized carbons (Fsp3) is 0.533. The zero-order valence-corrected chi connectivity index (χ0v) is 12.1. The molecule has 0 saturated carbocycles. The molecule has 0 radical (unpaired) electrons. The van der Waals surface area contributed by atoms with Gasteiger partial charge in [0.2, 0.25) is 0 Å². The van der Waals surface area contributed by atoms with E-state index >= 15 is 0 Å². The number of aromatic carboxylic acids is 1. The predicted molar refractivity (Wildman–Crippen MR) is 77.0 cm³/mol. The predicted octanol–water partition coefficient (Wildman–Crippen LogP) is 2.08. The molecule has 0 aliphatic carbocycles. The molecule has 19 heavy (non-hydrogen) atoms. The van der Waals surface area contributed by atoms with Gasteiger partial charge in [0, 0.05) is 24.8 Å². The maximum absolute atomic E-state index is 11.0. The van der Waals surface area contributed by atoms with Crippen LogP contribution >= 0.6 is 0 Å². The maximum atomic E-state index is 11.0. The first kappa shape index (κ1) is 13.9. The van der Waals surface area contributed by atoms with Crippen molar-refractivity contribution in [2.24, 2.45) is 5.92 Å². The molecule has 0 spiro atoms. The van der Waals surface area contributed by atoms with Gasteiger partial charge in [0.15, 0.2) is 0 Å². The summed E-state index contributed by atoms with van der Waals surface area (Å²) in [6, 6.07) is 6.16. The van der Waals surface area contributed by atoms with E-state index in [0.717, 1.165) is 24.3 Å². The van der Waals surface area contributed by atoms with E-state index in [0.29, 0.717) is 17.5 Å². The van der Waals surface area contributed by atoms with Crippen molar-refractivity contribution in [3.63, 3.8) is 0 Å². The van der Waals surface area contributed by atoms with Gasteiger partial charge in [-0.25, -0.2) is 4.79 Å². The number of carbonyl (C=O) groups is 1. The lowest BCUT2D eigenvalue weighted by molar-refractivity contribution is 0.0696. The average Bonchev–Trinajstić information content (AvgIpc) is 2.70. The van der Waals surface area contributed by atoms with E-state index in [1.165, 1.54) is 0 Å². The Morgan fingerprint density at radius 1 is 1.37 bits per heavy atom. The van der Waals surface area contributed by atoms with Crippen LogP contribution in [0.1, 0.15) is 22.8 Å². The van der Waals surface area contributed by atoms with Crippen molar-refractivity contribution in [2.45, 2.75) is 19.9 Å². The number of benzene rings is 1. The summed E-state index contributed by atoms with van der Waals surface area (Å²) < 4.78 is 0. The fourth-order valence-electron chi connectivity index (χ4n) is 2.92. The molecule has 4 heteroatoms. The Balaban J connectivity index is 2.20. The van der Waals surface area contributed by atoms with E-state index in [9.17, 15) is 4.79 Å². The highest BCUT2D eigenvalue weighted by atomic mass is 16.4. The maximum Gasteiger partial charge on any atom is 0.335 e. The molecule has 1 N–H and O–H groups in total. The third kappa shape index (κ3) is 2.73. The number of aryl methyl sites for hydroxylation is 1. The van der Waals surface area contributed by atoms with Gasteiger partial charge in [-0.15, -0.1) is 0 Å². The van der Waals surface area contributed by atoms with Gasteiger partial charge in [-0.2, -0.15) is 0 Å². The van der Waals surface area contributed by atoms with Crippen LogP contribution in [0.4, 0.5) is 5.69 Å². The molecule has 1 aliphatic heterocycles. The minimum absolute atomic E-state index is 0.389. The molecule has 104 valence electrons. The molecular weight excluding hydrogens is 240 g/mol. The van der Waals surface area contributed by atoms with Crippen molar-refractivity contribution in [2.75, 3.05) is 32.1 Å². The summed E-state index contributed by atoms with van der Waals surface area (Å²) in [5.41, 5.74) is 2.34. The van der Waals surface area contributed by atoms with E-state index in [-0.39, 0.29) is 0 Å². The Morgan fingerprint density at radius 3 is 2.53 bits per heavy atom. The molecule has 2 rings (SSSR count). The minimum atomic E-state index is -0.856. The first-order valence-corrected chi connectivity index (χ1v) is 6.65. The van der Waals surface area contributed by atoms with Crippen LogP contribution in [0.25, 0.3) is 0 Å². The van der Waals surface area contributed by atoms with E-state index < -0.39 is 5.97 Å². The van der Waals surface area contributed by atoms with Gasteiger partial charge in [0.05, 0.1) is 5.56 Å². The van der Waals surface area contributed by atoms with Crippen LogP contribution in [-0.4, -0.2) is 49.2 Å². The van der Waals surface area contributed by atoms with Crippen LogP contribution in [-0.2, 0) is 0 Å². The molecule has 1 heterocycles. The molecule has 0 aromatic heterocycles. The molecule has 4 nitrogen and oxygen atoms in total. The Kier molecular flexibility index (Phi) is 3.80. The summed E-state index contributed by atoms with van der Waals surface area (Å²) in [7, 11) is 4.23. The second-order valence-electron chi connectivity index (χ2n) is 5.72. The summed E-state index contributed by atoms with van der Waals surface area (Å²) >= 11 is 0. The summed E-state index contributed by atoms with van der Waals surface area (Å²) in [4.78, 5) is 15.6. The summed E-state index contributed by atoms with van der Waals surface area (Å²) in [6.45, 7) is 6.15. The third-order valence-corrected chi connectivity index (χ3v) is 4.04. The zero-order chi connectivity index (χ0) is 14.2. The Labute approximate surface area is 114 Å². The van der Waals surface area contributed by atoms with Crippen molar-refractivity contribution in [3.05, 3.63) is 29.3 Å². The topological polar surface area (TPSA) is 43.8 Å². The van der Waals surface area contributed by atoms with Crippen molar-refractivity contribution < 1.29 is 9.90 Å². The highest BCUT2D eigenvalue weighted by Crippen LogP contribution is 2.27. The summed E-state index contributed by atoms with van der Waals surface area (Å²) in [5.74, 6) is -0.237. The highest BCUT2D eigenvalue weighted by molar-refractivity contribution is 5.89. The van der Waals surface area contributed by atoms with Gasteiger partial charge in [-0.05, 0) is 50.7 Å². The van der Waals surface area contributed by atoms with Crippen LogP contribution < -0.4 is 4.90 Å². The van der Waals surface area contributed by atoms with Crippen LogP contribution in [0.15, 0.2) is 18.2 Å². The van der Waals surface area contributed by atoms with Crippen molar-refractivity contribution >= 4 is 11.7 Å². The van der Waals surface area contributed by atoms with Gasteiger partial charge >= 0.3 is 5.97 Å². The largest absolute Gasteiger partial charge is 0.478 e. The molecule has 1 aliphatic rings. The fourth-order valence-corrected chi connectivity index (χ4v) is 2.92. The molecule has 2 atom stereocenters. The number of nitrogens with zero attached hydrogens (tertiary/aromatic N) is 2.